The van der Waals surface area contributed by atoms with Crippen LogP contribution in [0.5, 0.6) is 0 Å². The van der Waals surface area contributed by atoms with Crippen molar-refractivity contribution in [1.29, 1.82) is 0 Å². The van der Waals surface area contributed by atoms with Gasteiger partial charge >= 0.3 is 0 Å². The van der Waals surface area contributed by atoms with Crippen LogP contribution in [-0.2, 0) is 4.74 Å². The number of carbonyl (C=O) groups excluding carboxylic acids is 1. The van der Waals surface area contributed by atoms with Crippen LogP contribution in [0.4, 0.5) is 5.69 Å². The average molecular weight is 234 g/mol. The molecule has 0 radical (unpaired) electrons. The van der Waals surface area contributed by atoms with Crippen LogP contribution in [0, 0.1) is 0 Å². The van der Waals surface area contributed by atoms with Crippen molar-refractivity contribution < 1.29 is 9.53 Å². The van der Waals surface area contributed by atoms with E-state index < -0.39 is 0 Å². The lowest BCUT2D eigenvalue weighted by Gasteiger charge is -2.26. The van der Waals surface area contributed by atoms with E-state index >= 15 is 0 Å². The van der Waals surface area contributed by atoms with Crippen molar-refractivity contribution in [3.8, 4) is 0 Å². The summed E-state index contributed by atoms with van der Waals surface area (Å²) in [5.74, 6) is 0.0509. The first-order valence-corrected chi connectivity index (χ1v) is 5.83. The first-order chi connectivity index (χ1) is 8.18. The predicted octanol–water partition coefficient (Wildman–Crippen LogP) is 1.57. The first-order valence-electron chi connectivity index (χ1n) is 5.83. The second kappa shape index (κ2) is 5.19. The molecule has 0 aliphatic carbocycles. The van der Waals surface area contributed by atoms with Crippen molar-refractivity contribution in [2.45, 2.75) is 6.42 Å². The molecular weight excluding hydrogens is 216 g/mol. The molecule has 1 amide bonds. The topological polar surface area (TPSA) is 32.8 Å². The van der Waals surface area contributed by atoms with Crippen molar-refractivity contribution in [1.82, 2.24) is 4.90 Å². The highest BCUT2D eigenvalue weighted by Gasteiger charge is 2.18. The molecule has 1 aromatic carbocycles. The summed E-state index contributed by atoms with van der Waals surface area (Å²) in [6, 6.07) is 7.65. The number of hydrogen-bond donors (Lipinski definition) is 0. The van der Waals surface area contributed by atoms with Gasteiger partial charge in [-0.15, -0.1) is 0 Å². The van der Waals surface area contributed by atoms with E-state index in [-0.39, 0.29) is 5.91 Å². The molecule has 0 saturated carbocycles. The predicted molar refractivity (Wildman–Crippen MR) is 67.2 cm³/mol. The molecule has 4 nitrogen and oxygen atoms in total. The lowest BCUT2D eigenvalue weighted by molar-refractivity contribution is -0.00571. The Morgan fingerprint density at radius 3 is 2.53 bits per heavy atom. The van der Waals surface area contributed by atoms with E-state index in [1.54, 1.807) is 4.90 Å². The van der Waals surface area contributed by atoms with Gasteiger partial charge in [-0.3, -0.25) is 4.79 Å². The van der Waals surface area contributed by atoms with Crippen LogP contribution in [0.2, 0.25) is 0 Å². The first kappa shape index (κ1) is 11.9. The van der Waals surface area contributed by atoms with Crippen LogP contribution in [0.15, 0.2) is 24.3 Å². The lowest BCUT2D eigenvalue weighted by atomic mass is 10.1. The van der Waals surface area contributed by atoms with Crippen molar-refractivity contribution in [2.75, 3.05) is 38.9 Å². The number of rotatable bonds is 2. The SMILES string of the molecule is CN(C)c1ccc(C(=O)N2CCCOC2)cc1. The maximum atomic E-state index is 12.1. The summed E-state index contributed by atoms with van der Waals surface area (Å²) in [5.41, 5.74) is 1.82. The summed E-state index contributed by atoms with van der Waals surface area (Å²) in [5, 5.41) is 0. The maximum Gasteiger partial charge on any atom is 0.255 e. The number of amides is 1. The van der Waals surface area contributed by atoms with Gasteiger partial charge in [0.1, 0.15) is 6.73 Å². The Morgan fingerprint density at radius 1 is 1.29 bits per heavy atom. The van der Waals surface area contributed by atoms with Gasteiger partial charge in [-0.25, -0.2) is 0 Å². The third-order valence-corrected chi connectivity index (χ3v) is 2.88. The minimum Gasteiger partial charge on any atom is -0.378 e. The molecule has 1 heterocycles. The van der Waals surface area contributed by atoms with Crippen LogP contribution >= 0.6 is 0 Å². The number of carbonyl (C=O) groups is 1. The lowest BCUT2D eigenvalue weighted by Crippen LogP contribution is -2.38. The molecule has 0 aromatic heterocycles. The largest absolute Gasteiger partial charge is 0.378 e. The van der Waals surface area contributed by atoms with E-state index in [2.05, 4.69) is 0 Å². The fourth-order valence-corrected chi connectivity index (χ4v) is 1.84. The van der Waals surface area contributed by atoms with Crippen molar-refractivity contribution >= 4 is 11.6 Å². The van der Waals surface area contributed by atoms with Crippen LogP contribution in [0.1, 0.15) is 16.8 Å². The van der Waals surface area contributed by atoms with E-state index in [0.29, 0.717) is 6.73 Å². The highest BCUT2D eigenvalue weighted by Crippen LogP contribution is 2.14. The third kappa shape index (κ3) is 2.77. The Balaban J connectivity index is 2.08. The summed E-state index contributed by atoms with van der Waals surface area (Å²) >= 11 is 0. The number of ether oxygens (including phenoxy) is 1. The molecule has 1 aliphatic rings. The second-order valence-corrected chi connectivity index (χ2v) is 4.40. The quantitative estimate of drug-likeness (QED) is 0.778. The van der Waals surface area contributed by atoms with Gasteiger partial charge in [0.2, 0.25) is 0 Å². The maximum absolute atomic E-state index is 12.1. The fraction of sp³-hybridized carbons (Fsp3) is 0.462. The van der Waals surface area contributed by atoms with Gasteiger partial charge < -0.3 is 14.5 Å². The van der Waals surface area contributed by atoms with Crippen molar-refractivity contribution in [3.63, 3.8) is 0 Å². The fourth-order valence-electron chi connectivity index (χ4n) is 1.84. The standard InChI is InChI=1S/C13H18N2O2/c1-14(2)12-6-4-11(5-7-12)13(16)15-8-3-9-17-10-15/h4-7H,3,8-10H2,1-2H3. The zero-order valence-corrected chi connectivity index (χ0v) is 10.3. The van der Waals surface area contributed by atoms with Gasteiger partial charge in [0.25, 0.3) is 5.91 Å². The number of anilines is 1. The number of benzene rings is 1. The number of hydrogen-bond acceptors (Lipinski definition) is 3. The molecule has 0 unspecified atom stereocenters. The van der Waals surface area contributed by atoms with E-state index in [1.807, 2.05) is 43.3 Å². The molecule has 17 heavy (non-hydrogen) atoms. The van der Waals surface area contributed by atoms with E-state index in [1.165, 1.54) is 0 Å². The molecule has 1 saturated heterocycles. The Kier molecular flexibility index (Phi) is 3.64. The molecule has 0 spiro atoms. The molecule has 0 atom stereocenters. The Labute approximate surface area is 102 Å². The molecule has 1 fully saturated rings. The summed E-state index contributed by atoms with van der Waals surface area (Å²) in [6.45, 7) is 1.95. The Bertz CT molecular complexity index is 381. The van der Waals surface area contributed by atoms with Crippen molar-refractivity contribution in [2.24, 2.45) is 0 Å². The summed E-state index contributed by atoms with van der Waals surface area (Å²) in [4.78, 5) is 15.9. The Morgan fingerprint density at radius 2 is 2.00 bits per heavy atom. The zero-order valence-electron chi connectivity index (χ0n) is 10.3. The second-order valence-electron chi connectivity index (χ2n) is 4.40. The van der Waals surface area contributed by atoms with Crippen LogP contribution in [0.3, 0.4) is 0 Å². The molecule has 0 N–H and O–H groups in total. The van der Waals surface area contributed by atoms with Crippen LogP contribution < -0.4 is 4.90 Å². The average Bonchev–Trinajstić information content (AvgIpc) is 2.39. The monoisotopic (exact) mass is 234 g/mol. The summed E-state index contributed by atoms with van der Waals surface area (Å²) < 4.78 is 5.28. The van der Waals surface area contributed by atoms with Crippen molar-refractivity contribution in [3.05, 3.63) is 29.8 Å². The normalized spacial score (nSPS) is 15.8. The summed E-state index contributed by atoms with van der Waals surface area (Å²) in [7, 11) is 3.96. The van der Waals surface area contributed by atoms with Crippen LogP contribution in [-0.4, -0.2) is 44.8 Å². The highest BCUT2D eigenvalue weighted by atomic mass is 16.5. The van der Waals surface area contributed by atoms with E-state index in [4.69, 9.17) is 4.74 Å². The van der Waals surface area contributed by atoms with Gasteiger partial charge in [-0.1, -0.05) is 0 Å². The Hall–Kier alpha value is -1.55. The molecule has 92 valence electrons. The van der Waals surface area contributed by atoms with Gasteiger partial charge in [0.05, 0.1) is 6.61 Å². The highest BCUT2D eigenvalue weighted by molar-refractivity contribution is 5.94. The summed E-state index contributed by atoms with van der Waals surface area (Å²) in [6.07, 6.45) is 0.918. The number of nitrogens with zero attached hydrogens (tertiary/aromatic N) is 2. The molecule has 1 aromatic rings. The van der Waals surface area contributed by atoms with Gasteiger partial charge in [-0.2, -0.15) is 0 Å². The van der Waals surface area contributed by atoms with Gasteiger partial charge in [-0.05, 0) is 30.7 Å². The molecule has 2 rings (SSSR count). The third-order valence-electron chi connectivity index (χ3n) is 2.88. The minimum atomic E-state index is 0.0509. The molecule has 0 bridgehead atoms. The van der Waals surface area contributed by atoms with E-state index in [9.17, 15) is 4.79 Å². The molecular formula is C13H18N2O2. The van der Waals surface area contributed by atoms with Crippen LogP contribution in [0.25, 0.3) is 0 Å². The van der Waals surface area contributed by atoms with Gasteiger partial charge in [0, 0.05) is 31.9 Å². The molecule has 4 heteroatoms. The zero-order chi connectivity index (χ0) is 12.3. The van der Waals surface area contributed by atoms with Gasteiger partial charge in [0.15, 0.2) is 0 Å². The minimum absolute atomic E-state index is 0.0509. The van der Waals surface area contributed by atoms with E-state index in [0.717, 1.165) is 30.8 Å². The smallest absolute Gasteiger partial charge is 0.255 e. The molecule has 1 aliphatic heterocycles.